The molecular formula is C23H30N4O4. The van der Waals surface area contributed by atoms with Gasteiger partial charge < -0.3 is 15.0 Å². The molecule has 1 amide bonds. The van der Waals surface area contributed by atoms with Gasteiger partial charge in [0.05, 0.1) is 24.6 Å². The predicted octanol–water partition coefficient (Wildman–Crippen LogP) is 3.39. The van der Waals surface area contributed by atoms with Gasteiger partial charge in [-0.2, -0.15) is 0 Å². The summed E-state index contributed by atoms with van der Waals surface area (Å²) in [5.74, 6) is 0.743. The molecule has 0 unspecified atom stereocenters. The lowest BCUT2D eigenvalue weighted by atomic mass is 9.96. The van der Waals surface area contributed by atoms with E-state index in [0.717, 1.165) is 39.0 Å². The number of methoxy groups -OCH3 is 1. The molecule has 8 heteroatoms. The zero-order chi connectivity index (χ0) is 22.2. The SMILES string of the molecule is COc1ccc(NC(=O)CN2CCC(CN(C)Cc3ccccc3)CC2)c([N+](=O)[O-])c1. The number of carbonyl (C=O) groups excluding carboxylic acids is 1. The Morgan fingerprint density at radius 2 is 1.94 bits per heavy atom. The summed E-state index contributed by atoms with van der Waals surface area (Å²) in [6.07, 6.45) is 2.07. The van der Waals surface area contributed by atoms with Gasteiger partial charge >= 0.3 is 0 Å². The van der Waals surface area contributed by atoms with Crippen molar-refractivity contribution in [1.29, 1.82) is 0 Å². The monoisotopic (exact) mass is 426 g/mol. The Labute approximate surface area is 182 Å². The Kier molecular flexibility index (Phi) is 7.97. The lowest BCUT2D eigenvalue weighted by molar-refractivity contribution is -0.384. The number of likely N-dealkylation sites (tertiary alicyclic amines) is 1. The summed E-state index contributed by atoms with van der Waals surface area (Å²) >= 11 is 0. The average Bonchev–Trinajstić information content (AvgIpc) is 2.76. The van der Waals surface area contributed by atoms with E-state index < -0.39 is 4.92 Å². The predicted molar refractivity (Wildman–Crippen MR) is 120 cm³/mol. The first-order valence-electron chi connectivity index (χ1n) is 10.5. The number of hydrogen-bond acceptors (Lipinski definition) is 6. The van der Waals surface area contributed by atoms with E-state index in [0.29, 0.717) is 11.7 Å². The third kappa shape index (κ3) is 6.77. The largest absolute Gasteiger partial charge is 0.496 e. The Hall–Kier alpha value is -2.97. The molecule has 2 aromatic carbocycles. The van der Waals surface area contributed by atoms with Crippen molar-refractivity contribution in [3.8, 4) is 5.75 Å². The summed E-state index contributed by atoms with van der Waals surface area (Å²) in [4.78, 5) is 27.7. The quantitative estimate of drug-likeness (QED) is 0.489. The first kappa shape index (κ1) is 22.7. The number of nitrogens with zero attached hydrogens (tertiary/aromatic N) is 3. The summed E-state index contributed by atoms with van der Waals surface area (Å²) in [5.41, 5.74) is 1.33. The Bertz CT molecular complexity index is 882. The number of nitrogens with one attached hydrogen (secondary N) is 1. The summed E-state index contributed by atoms with van der Waals surface area (Å²) in [6, 6.07) is 14.9. The van der Waals surface area contributed by atoms with E-state index in [1.807, 2.05) is 6.07 Å². The first-order valence-corrected chi connectivity index (χ1v) is 10.5. The fourth-order valence-electron chi connectivity index (χ4n) is 4.02. The van der Waals surface area contributed by atoms with Crippen LogP contribution in [0.15, 0.2) is 48.5 Å². The number of hydrogen-bond donors (Lipinski definition) is 1. The fraction of sp³-hybridized carbons (Fsp3) is 0.435. The Balaban J connectivity index is 1.44. The number of carbonyl (C=O) groups is 1. The number of ether oxygens (including phenoxy) is 1. The minimum atomic E-state index is -0.518. The van der Waals surface area contributed by atoms with E-state index in [4.69, 9.17) is 4.74 Å². The molecule has 1 N–H and O–H groups in total. The van der Waals surface area contributed by atoms with Crippen LogP contribution in [0, 0.1) is 16.0 Å². The highest BCUT2D eigenvalue weighted by Gasteiger charge is 2.23. The maximum absolute atomic E-state index is 12.5. The number of anilines is 1. The highest BCUT2D eigenvalue weighted by atomic mass is 16.6. The summed E-state index contributed by atoms with van der Waals surface area (Å²) in [5, 5.41) is 14.0. The molecule has 166 valence electrons. The van der Waals surface area contributed by atoms with Crippen LogP contribution < -0.4 is 10.1 Å². The molecule has 1 fully saturated rings. The van der Waals surface area contributed by atoms with Gasteiger partial charge in [0.25, 0.3) is 5.69 Å². The molecule has 1 heterocycles. The van der Waals surface area contributed by atoms with Crippen molar-refractivity contribution in [2.24, 2.45) is 5.92 Å². The number of amides is 1. The van der Waals surface area contributed by atoms with Crippen molar-refractivity contribution in [3.05, 3.63) is 64.2 Å². The van der Waals surface area contributed by atoms with Crippen LogP contribution in [-0.2, 0) is 11.3 Å². The van der Waals surface area contributed by atoms with Gasteiger partial charge in [0.15, 0.2) is 0 Å². The molecule has 0 aromatic heterocycles. The van der Waals surface area contributed by atoms with Crippen LogP contribution in [0.1, 0.15) is 18.4 Å². The van der Waals surface area contributed by atoms with E-state index in [1.54, 1.807) is 6.07 Å². The van der Waals surface area contributed by atoms with E-state index in [2.05, 4.69) is 46.4 Å². The minimum Gasteiger partial charge on any atom is -0.496 e. The molecule has 3 rings (SSSR count). The molecule has 0 atom stereocenters. The van der Waals surface area contributed by atoms with Gasteiger partial charge in [-0.15, -0.1) is 0 Å². The Morgan fingerprint density at radius 1 is 1.23 bits per heavy atom. The van der Waals surface area contributed by atoms with Crippen LogP contribution in [0.3, 0.4) is 0 Å². The molecule has 0 spiro atoms. The summed E-state index contributed by atoms with van der Waals surface area (Å²) in [7, 11) is 3.59. The molecule has 0 radical (unpaired) electrons. The van der Waals surface area contributed by atoms with Gasteiger partial charge in [-0.3, -0.25) is 19.8 Å². The highest BCUT2D eigenvalue weighted by molar-refractivity contribution is 5.94. The lowest BCUT2D eigenvalue weighted by Crippen LogP contribution is -2.41. The molecule has 8 nitrogen and oxygen atoms in total. The van der Waals surface area contributed by atoms with Gasteiger partial charge in [0.1, 0.15) is 11.4 Å². The van der Waals surface area contributed by atoms with E-state index in [9.17, 15) is 14.9 Å². The zero-order valence-corrected chi connectivity index (χ0v) is 18.1. The standard InChI is InChI=1S/C23H30N4O4/c1-25(15-18-6-4-3-5-7-18)16-19-10-12-26(13-11-19)17-23(28)24-21-9-8-20(31-2)14-22(21)27(29)30/h3-9,14,19H,10-13,15-17H2,1-2H3,(H,24,28). The third-order valence-electron chi connectivity index (χ3n) is 5.62. The lowest BCUT2D eigenvalue weighted by Gasteiger charge is -2.33. The van der Waals surface area contributed by atoms with Gasteiger partial charge in [0, 0.05) is 13.1 Å². The molecule has 1 aliphatic rings. The number of nitro groups is 1. The van der Waals surface area contributed by atoms with Gasteiger partial charge in [-0.05, 0) is 56.6 Å². The second-order valence-corrected chi connectivity index (χ2v) is 8.09. The van der Waals surface area contributed by atoms with Crippen LogP contribution >= 0.6 is 0 Å². The molecule has 2 aromatic rings. The van der Waals surface area contributed by atoms with Crippen LogP contribution in [-0.4, -0.2) is 61.0 Å². The molecule has 1 saturated heterocycles. The molecule has 0 saturated carbocycles. The van der Waals surface area contributed by atoms with Crippen molar-refractivity contribution >= 4 is 17.3 Å². The summed E-state index contributed by atoms with van der Waals surface area (Å²) < 4.78 is 5.03. The fourth-order valence-corrected chi connectivity index (χ4v) is 4.02. The maximum Gasteiger partial charge on any atom is 0.296 e. The topological polar surface area (TPSA) is 88.0 Å². The van der Waals surface area contributed by atoms with Crippen LogP contribution in [0.5, 0.6) is 5.75 Å². The number of piperidine rings is 1. The van der Waals surface area contributed by atoms with Crippen LogP contribution in [0.2, 0.25) is 0 Å². The smallest absolute Gasteiger partial charge is 0.296 e. The number of rotatable bonds is 9. The van der Waals surface area contributed by atoms with E-state index in [-0.39, 0.29) is 23.8 Å². The van der Waals surface area contributed by atoms with Crippen molar-refractivity contribution in [1.82, 2.24) is 9.80 Å². The van der Waals surface area contributed by atoms with Crippen LogP contribution in [0.4, 0.5) is 11.4 Å². The Morgan fingerprint density at radius 3 is 2.58 bits per heavy atom. The second-order valence-electron chi connectivity index (χ2n) is 8.09. The molecule has 31 heavy (non-hydrogen) atoms. The van der Waals surface area contributed by atoms with Crippen molar-refractivity contribution in [2.75, 3.05) is 45.7 Å². The van der Waals surface area contributed by atoms with E-state index in [1.165, 1.54) is 24.8 Å². The average molecular weight is 427 g/mol. The molecule has 1 aliphatic heterocycles. The highest BCUT2D eigenvalue weighted by Crippen LogP contribution is 2.29. The minimum absolute atomic E-state index is 0.173. The van der Waals surface area contributed by atoms with Gasteiger partial charge in [-0.25, -0.2) is 0 Å². The maximum atomic E-state index is 12.5. The van der Waals surface area contributed by atoms with E-state index >= 15 is 0 Å². The number of nitro benzene ring substituents is 1. The normalized spacial score (nSPS) is 15.1. The van der Waals surface area contributed by atoms with Crippen LogP contribution in [0.25, 0.3) is 0 Å². The first-order chi connectivity index (χ1) is 14.9. The van der Waals surface area contributed by atoms with Crippen molar-refractivity contribution in [2.45, 2.75) is 19.4 Å². The third-order valence-corrected chi connectivity index (χ3v) is 5.62. The molecule has 0 aliphatic carbocycles. The molecule has 0 bridgehead atoms. The second kappa shape index (κ2) is 10.9. The molecular weight excluding hydrogens is 396 g/mol. The van der Waals surface area contributed by atoms with Crippen molar-refractivity contribution < 1.29 is 14.5 Å². The van der Waals surface area contributed by atoms with Crippen molar-refractivity contribution in [3.63, 3.8) is 0 Å². The zero-order valence-electron chi connectivity index (χ0n) is 18.1. The number of benzene rings is 2. The van der Waals surface area contributed by atoms with Gasteiger partial charge in [0.2, 0.25) is 5.91 Å². The van der Waals surface area contributed by atoms with Gasteiger partial charge in [-0.1, -0.05) is 30.3 Å². The summed E-state index contributed by atoms with van der Waals surface area (Å²) in [6.45, 7) is 3.90.